The molecule has 1 heteroatoms. The van der Waals surface area contributed by atoms with Crippen LogP contribution in [-0.2, 0) is 10.8 Å². The van der Waals surface area contributed by atoms with Gasteiger partial charge >= 0.3 is 0 Å². The monoisotopic (exact) mass is 831 g/mol. The van der Waals surface area contributed by atoms with E-state index >= 15 is 0 Å². The molecule has 0 amide bonds. The van der Waals surface area contributed by atoms with Crippen molar-refractivity contribution in [3.05, 3.63) is 172 Å². The fourth-order valence-corrected chi connectivity index (χ4v) is 6.16. The molecule has 1 aliphatic carbocycles. The number of hydrogen-bond donors (Lipinski definition) is 0. The second-order valence-corrected chi connectivity index (χ2v) is 16.7. The molecule has 2 aromatic rings. The number of hydrogen-bond acceptors (Lipinski definition) is 0. The van der Waals surface area contributed by atoms with Gasteiger partial charge in [-0.25, -0.2) is 0 Å². The summed E-state index contributed by atoms with van der Waals surface area (Å²) in [6.07, 6.45) is 18.4. The maximum absolute atomic E-state index is 4.17. The molecule has 0 atom stereocenters. The molecule has 0 saturated heterocycles. The fraction of sp³-hybridized carbons (Fsp3) is 0.423. The Labute approximate surface area is 344 Å². The first kappa shape index (κ1) is 54.2. The van der Waals surface area contributed by atoms with Crippen LogP contribution < -0.4 is 0 Å². The van der Waals surface area contributed by atoms with E-state index in [1.807, 2.05) is 78.0 Å². The van der Waals surface area contributed by atoms with Crippen molar-refractivity contribution in [1.29, 1.82) is 0 Å². The maximum Gasteiger partial charge on any atom is 0.0152 e. The molecular weight excluding hydrogens is 751 g/mol. The summed E-state index contributed by atoms with van der Waals surface area (Å²) in [6, 6.07) is 13.8. The summed E-state index contributed by atoms with van der Waals surface area (Å²) in [7, 11) is 0. The van der Waals surface area contributed by atoms with Gasteiger partial charge in [0.15, 0.2) is 0 Å². The summed E-state index contributed by atoms with van der Waals surface area (Å²) in [5, 5.41) is 0. The lowest BCUT2D eigenvalue weighted by atomic mass is 9.59. The smallest absolute Gasteiger partial charge is 0.0152 e. The highest BCUT2D eigenvalue weighted by Gasteiger charge is 2.41. The second kappa shape index (κ2) is 25.8. The van der Waals surface area contributed by atoms with Crippen LogP contribution in [0, 0.1) is 17.8 Å². The molecule has 53 heavy (non-hydrogen) atoms. The summed E-state index contributed by atoms with van der Waals surface area (Å²) in [5.74, 6) is 0. The summed E-state index contributed by atoms with van der Waals surface area (Å²) >= 11 is 2.22. The molecule has 0 fully saturated rings. The molecule has 1 aliphatic rings. The molecule has 0 radical (unpaired) electrons. The van der Waals surface area contributed by atoms with E-state index in [0.29, 0.717) is 0 Å². The van der Waals surface area contributed by atoms with Gasteiger partial charge in [-0.3, -0.25) is 0 Å². The topological polar surface area (TPSA) is 0 Å². The van der Waals surface area contributed by atoms with E-state index in [0.717, 1.165) is 0 Å². The lowest BCUT2D eigenvalue weighted by Crippen LogP contribution is -2.36. The molecule has 0 bridgehead atoms. The minimum absolute atomic E-state index is 0.00995. The Morgan fingerprint density at radius 3 is 1.49 bits per heavy atom. The van der Waals surface area contributed by atoms with E-state index in [1.165, 1.54) is 53.7 Å². The number of halogens is 1. The third-order valence-electron chi connectivity index (χ3n) is 8.78. The fourth-order valence-electron chi connectivity index (χ4n) is 5.96. The summed E-state index contributed by atoms with van der Waals surface area (Å²) < 4.78 is 1.17. The van der Waals surface area contributed by atoms with Gasteiger partial charge < -0.3 is 0 Å². The molecule has 0 aromatic heterocycles. The van der Waals surface area contributed by atoms with Crippen molar-refractivity contribution in [3.63, 3.8) is 0 Å². The Bertz CT molecular complexity index is 1580. The number of allylic oxidation sites excluding steroid dienone is 13. The minimum atomic E-state index is -0.0364. The van der Waals surface area contributed by atoms with Crippen molar-refractivity contribution in [3.8, 4) is 0 Å². The Morgan fingerprint density at radius 2 is 1.17 bits per heavy atom. The van der Waals surface area contributed by atoms with E-state index in [-0.39, 0.29) is 21.7 Å². The van der Waals surface area contributed by atoms with Gasteiger partial charge in [0.05, 0.1) is 0 Å². The average Bonchev–Trinajstić information content (AvgIpc) is 3.12. The van der Waals surface area contributed by atoms with E-state index in [9.17, 15) is 0 Å². The zero-order valence-corrected chi connectivity index (χ0v) is 39.7. The average molecular weight is 831 g/mol. The molecule has 0 aliphatic heterocycles. The molecule has 0 N–H and O–H groups in total. The molecular formula is C52H79I. The van der Waals surface area contributed by atoms with E-state index in [4.69, 9.17) is 0 Å². The Balaban J connectivity index is -0.000000894. The third kappa shape index (κ3) is 16.8. The van der Waals surface area contributed by atoms with Crippen molar-refractivity contribution in [2.45, 2.75) is 135 Å². The van der Waals surface area contributed by atoms with Crippen molar-refractivity contribution in [2.75, 3.05) is 0 Å². The van der Waals surface area contributed by atoms with Gasteiger partial charge in [0.1, 0.15) is 0 Å². The molecule has 0 saturated carbocycles. The standard InChI is InChI=1S/C30H38.C9H16.C7H9I.2C2H6.C2H4/c1-11-22(20(2)16-17-28(4,5)6)23-19-27-26(18-21(23)3)29(7,8)24-14-12-13-15-25(24)30(27,9)10;1-6-8(7-2)9(3,4)5;1-3-5-6-7(8)4-2;3*1-2/h11-19H,1H2,2-10H3;6-7H,1H2,2-5H3;3-6H,2H2,1H3;2*1-2H3;1-2H2/b17-16-,22-20+;8-7+;5-3-,7-6+;;;. The van der Waals surface area contributed by atoms with Gasteiger partial charge in [-0.15, -0.1) is 13.2 Å². The molecule has 294 valence electrons. The Hall–Kier alpha value is -3.17. The van der Waals surface area contributed by atoms with E-state index in [2.05, 4.69) is 193 Å². The number of aryl methyl sites for hydroxylation is 1. The SMILES string of the molecule is C=C.C=C/C(=C(C)\C=C/C(C)(C)C)c1cc2c(cc1C)C(C)(C)c1ccccc1C2(C)C.C=C/C(=C\C)C(C)(C)C.C=C/C(I)=C\C=C/C.CC.CC. The van der Waals surface area contributed by atoms with Gasteiger partial charge in [0.2, 0.25) is 0 Å². The molecule has 0 unspecified atom stereocenters. The first-order valence-corrected chi connectivity index (χ1v) is 20.4. The van der Waals surface area contributed by atoms with Crippen molar-refractivity contribution in [1.82, 2.24) is 0 Å². The number of fused-ring (bicyclic) bond motifs is 2. The van der Waals surface area contributed by atoms with Gasteiger partial charge in [-0.05, 0) is 123 Å². The predicted octanol–water partition coefficient (Wildman–Crippen LogP) is 17.6. The van der Waals surface area contributed by atoms with Crippen LogP contribution in [0.2, 0.25) is 0 Å². The van der Waals surface area contributed by atoms with Gasteiger partial charge in [0.25, 0.3) is 0 Å². The first-order chi connectivity index (χ1) is 24.6. The zero-order valence-electron chi connectivity index (χ0n) is 37.6. The molecule has 2 aromatic carbocycles. The highest BCUT2D eigenvalue weighted by Crippen LogP contribution is 2.50. The maximum atomic E-state index is 4.17. The minimum Gasteiger partial charge on any atom is -0.106 e. The molecule has 3 rings (SSSR count). The van der Waals surface area contributed by atoms with Crippen LogP contribution in [0.5, 0.6) is 0 Å². The zero-order chi connectivity index (χ0) is 42.4. The van der Waals surface area contributed by atoms with Crippen LogP contribution in [0.15, 0.2) is 139 Å². The molecule has 0 spiro atoms. The van der Waals surface area contributed by atoms with Crippen LogP contribution >= 0.6 is 22.6 Å². The van der Waals surface area contributed by atoms with E-state index < -0.39 is 0 Å². The normalized spacial score (nSPS) is 14.6. The number of benzene rings is 2. The largest absolute Gasteiger partial charge is 0.106 e. The summed E-state index contributed by atoms with van der Waals surface area (Å²) in [5.41, 5.74) is 12.5. The van der Waals surface area contributed by atoms with Crippen LogP contribution in [0.4, 0.5) is 0 Å². The van der Waals surface area contributed by atoms with Gasteiger partial charge in [-0.2, -0.15) is 0 Å². The van der Waals surface area contributed by atoms with Gasteiger partial charge in [-0.1, -0.05) is 196 Å². The van der Waals surface area contributed by atoms with Crippen LogP contribution in [0.25, 0.3) is 5.57 Å². The lowest BCUT2D eigenvalue weighted by Gasteiger charge is -2.44. The van der Waals surface area contributed by atoms with Crippen LogP contribution in [-0.4, -0.2) is 0 Å². The van der Waals surface area contributed by atoms with Gasteiger partial charge in [0, 0.05) is 14.4 Å². The second-order valence-electron chi connectivity index (χ2n) is 15.5. The Kier molecular flexibility index (Phi) is 26.3. The first-order valence-electron chi connectivity index (χ1n) is 19.3. The quantitative estimate of drug-likeness (QED) is 0.155. The Morgan fingerprint density at radius 1 is 0.717 bits per heavy atom. The van der Waals surface area contributed by atoms with Crippen LogP contribution in [0.3, 0.4) is 0 Å². The summed E-state index contributed by atoms with van der Waals surface area (Å²) in [6.45, 7) is 56.7. The highest BCUT2D eigenvalue weighted by atomic mass is 127. The molecule has 0 heterocycles. The van der Waals surface area contributed by atoms with Crippen molar-refractivity contribution < 1.29 is 0 Å². The number of rotatable bonds is 6. The molecule has 0 nitrogen and oxygen atoms in total. The predicted molar refractivity (Wildman–Crippen MR) is 258 cm³/mol. The van der Waals surface area contributed by atoms with E-state index in [1.54, 1.807) is 0 Å². The highest BCUT2D eigenvalue weighted by molar-refractivity contribution is 14.1. The third-order valence-corrected chi connectivity index (χ3v) is 9.58. The van der Waals surface area contributed by atoms with Crippen LogP contribution in [0.1, 0.15) is 151 Å². The lowest BCUT2D eigenvalue weighted by molar-refractivity contribution is 0.516. The van der Waals surface area contributed by atoms with Crippen molar-refractivity contribution >= 4 is 28.2 Å². The summed E-state index contributed by atoms with van der Waals surface area (Å²) in [4.78, 5) is 0. The van der Waals surface area contributed by atoms with Crippen molar-refractivity contribution in [2.24, 2.45) is 10.8 Å².